The molecule has 252 valence electrons. The van der Waals surface area contributed by atoms with Crippen molar-refractivity contribution in [2.45, 2.75) is 112 Å². The smallest absolute Gasteiger partial charge is 0.128 e. The summed E-state index contributed by atoms with van der Waals surface area (Å²) in [6, 6.07) is 6.00. The Labute approximate surface area is 275 Å². The van der Waals surface area contributed by atoms with E-state index in [0.717, 1.165) is 99.1 Å². The minimum Gasteiger partial charge on any atom is -0.398 e. The molecule has 0 fully saturated rings. The SMILES string of the molecule is C=C(CCCN(CCNC)C(CC)CC)Cc1ccc(NC/N=C\C(CCCC(=CC)/C(C)=C(/N)C(=C)C)=C(/C)CC)cc1F. The number of nitrogens with two attached hydrogens (primary N) is 1. The van der Waals surface area contributed by atoms with Crippen molar-refractivity contribution in [3.63, 3.8) is 0 Å². The predicted octanol–water partition coefficient (Wildman–Crippen LogP) is 9.51. The van der Waals surface area contributed by atoms with Gasteiger partial charge in [0.15, 0.2) is 0 Å². The fourth-order valence-electron chi connectivity index (χ4n) is 5.65. The molecular weight excluding hydrogens is 557 g/mol. The molecule has 0 bridgehead atoms. The van der Waals surface area contributed by atoms with Crippen molar-refractivity contribution in [1.29, 1.82) is 0 Å². The van der Waals surface area contributed by atoms with Gasteiger partial charge in [0.25, 0.3) is 0 Å². The number of allylic oxidation sites excluding steroid dienone is 7. The highest BCUT2D eigenvalue weighted by Crippen LogP contribution is 2.24. The van der Waals surface area contributed by atoms with E-state index in [4.69, 9.17) is 5.73 Å². The number of nitrogens with one attached hydrogen (secondary N) is 2. The lowest BCUT2D eigenvalue weighted by Crippen LogP contribution is -2.39. The number of halogens is 1. The molecule has 1 aromatic rings. The Morgan fingerprint density at radius 3 is 2.33 bits per heavy atom. The van der Waals surface area contributed by atoms with Crippen molar-refractivity contribution in [3.8, 4) is 0 Å². The van der Waals surface area contributed by atoms with Crippen LogP contribution in [0.5, 0.6) is 0 Å². The van der Waals surface area contributed by atoms with E-state index in [1.165, 1.54) is 16.7 Å². The summed E-state index contributed by atoms with van der Waals surface area (Å²) in [5, 5.41) is 6.52. The molecule has 0 aliphatic heterocycles. The van der Waals surface area contributed by atoms with Crippen LogP contribution in [0, 0.1) is 5.82 Å². The summed E-state index contributed by atoms with van der Waals surface area (Å²) in [7, 11) is 2.00. The normalized spacial score (nSPS) is 13.4. The van der Waals surface area contributed by atoms with Gasteiger partial charge in [0.05, 0.1) is 0 Å². The van der Waals surface area contributed by atoms with Gasteiger partial charge in [0.1, 0.15) is 12.5 Å². The van der Waals surface area contributed by atoms with Crippen LogP contribution < -0.4 is 16.4 Å². The van der Waals surface area contributed by atoms with E-state index in [-0.39, 0.29) is 5.82 Å². The van der Waals surface area contributed by atoms with Crippen LogP contribution in [0.25, 0.3) is 0 Å². The van der Waals surface area contributed by atoms with E-state index >= 15 is 4.39 Å². The summed E-state index contributed by atoms with van der Waals surface area (Å²) >= 11 is 0. The van der Waals surface area contributed by atoms with Crippen molar-refractivity contribution in [3.05, 3.63) is 87.9 Å². The van der Waals surface area contributed by atoms with Crippen molar-refractivity contribution < 1.29 is 4.39 Å². The molecule has 0 saturated heterocycles. The first-order chi connectivity index (χ1) is 21.5. The van der Waals surface area contributed by atoms with Gasteiger partial charge in [-0.05, 0) is 139 Å². The number of hydrogen-bond acceptors (Lipinski definition) is 5. The molecule has 1 rings (SSSR count). The maximum atomic E-state index is 15.0. The van der Waals surface area contributed by atoms with Crippen molar-refractivity contribution in [2.75, 3.05) is 38.7 Å². The highest BCUT2D eigenvalue weighted by molar-refractivity contribution is 5.79. The summed E-state index contributed by atoms with van der Waals surface area (Å²) in [4.78, 5) is 7.22. The molecular formula is C39H64FN5. The van der Waals surface area contributed by atoms with Crippen LogP contribution in [-0.4, -0.2) is 50.5 Å². The van der Waals surface area contributed by atoms with Crippen molar-refractivity contribution >= 4 is 11.9 Å². The molecule has 0 heterocycles. The van der Waals surface area contributed by atoms with E-state index in [0.29, 0.717) is 24.7 Å². The molecule has 6 heteroatoms. The van der Waals surface area contributed by atoms with Gasteiger partial charge in [-0.15, -0.1) is 0 Å². The van der Waals surface area contributed by atoms with E-state index in [9.17, 15) is 0 Å². The summed E-state index contributed by atoms with van der Waals surface area (Å²) in [5.74, 6) is -0.198. The third-order valence-electron chi connectivity index (χ3n) is 8.86. The highest BCUT2D eigenvalue weighted by Gasteiger charge is 2.14. The van der Waals surface area contributed by atoms with E-state index in [1.54, 1.807) is 6.07 Å². The number of aliphatic imine (C=N–C) groups is 1. The molecule has 0 aliphatic carbocycles. The number of benzene rings is 1. The maximum Gasteiger partial charge on any atom is 0.128 e. The van der Waals surface area contributed by atoms with Crippen molar-refractivity contribution in [1.82, 2.24) is 10.2 Å². The molecule has 0 radical (unpaired) electrons. The third-order valence-corrected chi connectivity index (χ3v) is 8.86. The topological polar surface area (TPSA) is 65.7 Å². The summed E-state index contributed by atoms with van der Waals surface area (Å²) in [5.41, 5.74) is 15.4. The molecule has 0 saturated carbocycles. The minimum absolute atomic E-state index is 0.198. The molecule has 45 heavy (non-hydrogen) atoms. The zero-order valence-corrected chi connectivity index (χ0v) is 29.9. The number of anilines is 1. The Bertz CT molecular complexity index is 1190. The van der Waals surface area contributed by atoms with Gasteiger partial charge < -0.3 is 16.4 Å². The van der Waals surface area contributed by atoms with Crippen LogP contribution in [-0.2, 0) is 6.42 Å². The van der Waals surface area contributed by atoms with Gasteiger partial charge in [-0.2, -0.15) is 0 Å². The standard InChI is InChI=1S/C39H64FN5/c1-11-31(8)35(19-15-18-33(12-2)32(9)39(41)29(5)6)27-43-28-44-36-21-20-34(38(40)26-36)25-30(7)17-16-23-45(24-22-42-10)37(13-3)14-4/h12,20-21,26-27,37,42,44H,5,7,11,13-19,22-25,28,41H2,1-4,6,8-10H3/b33-12?,35-31+,39-32+,43-27-. The molecule has 0 unspecified atom stereocenters. The summed E-state index contributed by atoms with van der Waals surface area (Å²) in [6.45, 7) is 26.7. The van der Waals surface area contributed by atoms with Gasteiger partial charge in [0, 0.05) is 36.7 Å². The Balaban J connectivity index is 2.67. The Hall–Kier alpha value is -2.96. The summed E-state index contributed by atoms with van der Waals surface area (Å²) < 4.78 is 15.0. The zero-order chi connectivity index (χ0) is 33.8. The second-order valence-corrected chi connectivity index (χ2v) is 12.2. The molecule has 0 spiro atoms. The molecule has 0 aliphatic rings. The average Bonchev–Trinajstić information content (AvgIpc) is 3.03. The predicted molar refractivity (Wildman–Crippen MR) is 198 cm³/mol. The van der Waals surface area contributed by atoms with Crippen LogP contribution in [0.1, 0.15) is 105 Å². The van der Waals surface area contributed by atoms with Crippen molar-refractivity contribution in [2.24, 2.45) is 10.7 Å². The van der Waals surface area contributed by atoms with E-state index < -0.39 is 0 Å². The second kappa shape index (κ2) is 22.5. The van der Waals surface area contributed by atoms with Gasteiger partial charge >= 0.3 is 0 Å². The average molecular weight is 622 g/mol. The number of likely N-dealkylation sites (N-methyl/N-ethyl adjacent to an activating group) is 1. The lowest BCUT2D eigenvalue weighted by molar-refractivity contribution is 0.185. The Morgan fingerprint density at radius 2 is 1.76 bits per heavy atom. The summed E-state index contributed by atoms with van der Waals surface area (Å²) in [6.07, 6.45) is 12.9. The van der Waals surface area contributed by atoms with Gasteiger partial charge in [0.2, 0.25) is 0 Å². The molecule has 4 N–H and O–H groups in total. The largest absolute Gasteiger partial charge is 0.398 e. The fraction of sp³-hybridized carbons (Fsp3) is 0.564. The minimum atomic E-state index is -0.198. The lowest BCUT2D eigenvalue weighted by atomic mass is 9.95. The number of hydrogen-bond donors (Lipinski definition) is 3. The lowest BCUT2D eigenvalue weighted by Gasteiger charge is -2.30. The van der Waals surface area contributed by atoms with E-state index in [2.05, 4.69) is 81.3 Å². The van der Waals surface area contributed by atoms with Crippen LogP contribution in [0.3, 0.4) is 0 Å². The first-order valence-corrected chi connectivity index (χ1v) is 17.1. The van der Waals surface area contributed by atoms with Crippen LogP contribution in [0.15, 0.2) is 81.6 Å². The molecule has 0 amide bonds. The second-order valence-electron chi connectivity index (χ2n) is 12.2. The van der Waals surface area contributed by atoms with Gasteiger partial charge in [-0.1, -0.05) is 57.2 Å². The Morgan fingerprint density at radius 1 is 1.04 bits per heavy atom. The van der Waals surface area contributed by atoms with Crippen LogP contribution in [0.2, 0.25) is 0 Å². The zero-order valence-electron chi connectivity index (χ0n) is 29.9. The monoisotopic (exact) mass is 622 g/mol. The quantitative estimate of drug-likeness (QED) is 0.0647. The Kier molecular flexibility index (Phi) is 20.1. The molecule has 1 aromatic carbocycles. The van der Waals surface area contributed by atoms with Gasteiger partial charge in [-0.25, -0.2) is 4.39 Å². The third kappa shape index (κ3) is 14.8. The molecule has 5 nitrogen and oxygen atoms in total. The molecule has 0 atom stereocenters. The number of nitrogens with zero attached hydrogens (tertiary/aromatic N) is 2. The maximum absolute atomic E-state index is 15.0. The molecule has 0 aromatic heterocycles. The fourth-order valence-corrected chi connectivity index (χ4v) is 5.65. The van der Waals surface area contributed by atoms with Crippen LogP contribution in [0.4, 0.5) is 10.1 Å². The number of rotatable bonds is 23. The highest BCUT2D eigenvalue weighted by atomic mass is 19.1. The van der Waals surface area contributed by atoms with Gasteiger partial charge in [-0.3, -0.25) is 9.89 Å². The van der Waals surface area contributed by atoms with E-state index in [1.807, 2.05) is 32.3 Å². The first kappa shape index (κ1) is 40.1. The first-order valence-electron chi connectivity index (χ1n) is 17.1. The van der Waals surface area contributed by atoms with Crippen LogP contribution >= 0.6 is 0 Å².